The Morgan fingerprint density at radius 1 is 1.32 bits per heavy atom. The molecule has 1 unspecified atom stereocenters. The molecule has 2 N–H and O–H groups in total. The third-order valence-electron chi connectivity index (χ3n) is 4.17. The van der Waals surface area contributed by atoms with Crippen LogP contribution in [-0.4, -0.2) is 55.1 Å². The fraction of sp³-hybridized carbons (Fsp3) is 0.667. The average molecular weight is 480 g/mol. The lowest BCUT2D eigenvalue weighted by Crippen LogP contribution is -2.39. The number of rotatable bonds is 8. The number of aliphatic imine (C=N–C) groups is 1. The van der Waals surface area contributed by atoms with Crippen LogP contribution in [0.4, 0.5) is 0 Å². The summed E-state index contributed by atoms with van der Waals surface area (Å²) in [7, 11) is 0. The number of hydrogen-bond donors (Lipinski definition) is 2. The summed E-state index contributed by atoms with van der Waals surface area (Å²) in [5.41, 5.74) is 1.17. The van der Waals surface area contributed by atoms with Crippen molar-refractivity contribution in [3.05, 3.63) is 29.0 Å². The topological polar surface area (TPSA) is 52.6 Å². The number of guanidine groups is 1. The second-order valence-electron chi connectivity index (χ2n) is 6.50. The zero-order valence-corrected chi connectivity index (χ0v) is 18.4. The van der Waals surface area contributed by atoms with Gasteiger partial charge in [0.15, 0.2) is 5.96 Å². The van der Waals surface area contributed by atoms with E-state index in [0.717, 1.165) is 38.6 Å². The maximum Gasteiger partial charge on any atom is 0.191 e. The SMILES string of the molecule is CCNC(=NCC(C)CN1CCCC1)NCCc1ccc(Cl)nc1.I. The van der Waals surface area contributed by atoms with E-state index < -0.39 is 0 Å². The predicted molar refractivity (Wildman–Crippen MR) is 117 cm³/mol. The van der Waals surface area contributed by atoms with E-state index in [-0.39, 0.29) is 24.0 Å². The molecule has 1 aromatic rings. The van der Waals surface area contributed by atoms with Crippen molar-refractivity contribution in [3.63, 3.8) is 0 Å². The number of likely N-dealkylation sites (tertiary alicyclic amines) is 1. The molecule has 2 heterocycles. The van der Waals surface area contributed by atoms with Gasteiger partial charge in [-0.1, -0.05) is 24.6 Å². The van der Waals surface area contributed by atoms with Gasteiger partial charge in [0.1, 0.15) is 5.15 Å². The molecule has 1 aromatic heterocycles. The van der Waals surface area contributed by atoms with Gasteiger partial charge in [-0.15, -0.1) is 24.0 Å². The van der Waals surface area contributed by atoms with Crippen LogP contribution in [0.15, 0.2) is 23.3 Å². The molecule has 0 aromatic carbocycles. The summed E-state index contributed by atoms with van der Waals surface area (Å²) in [6, 6.07) is 3.84. The standard InChI is InChI=1S/C18H30ClN5.HI/c1-3-20-18(21-9-8-16-6-7-17(19)22-13-16)23-12-15(2)14-24-10-4-5-11-24;/h6-7,13,15H,3-5,8-12,14H2,1-2H3,(H2,20,21,23);1H. The number of nitrogens with one attached hydrogen (secondary N) is 2. The molecular formula is C18H31ClIN5. The molecule has 142 valence electrons. The van der Waals surface area contributed by atoms with Crippen molar-refractivity contribution in [2.75, 3.05) is 39.3 Å². The second-order valence-corrected chi connectivity index (χ2v) is 6.89. The normalized spacial score (nSPS) is 16.4. The molecule has 1 aliphatic rings. The summed E-state index contributed by atoms with van der Waals surface area (Å²) in [6.07, 6.45) is 5.42. The lowest BCUT2D eigenvalue weighted by Gasteiger charge is -2.19. The smallest absolute Gasteiger partial charge is 0.191 e. The van der Waals surface area contributed by atoms with Gasteiger partial charge in [-0.3, -0.25) is 4.99 Å². The van der Waals surface area contributed by atoms with Gasteiger partial charge in [0.2, 0.25) is 0 Å². The first kappa shape index (κ1) is 22.4. The first-order valence-corrected chi connectivity index (χ1v) is 9.40. The molecule has 1 aliphatic heterocycles. The number of hydrogen-bond acceptors (Lipinski definition) is 3. The van der Waals surface area contributed by atoms with Crippen molar-refractivity contribution in [1.29, 1.82) is 0 Å². The number of pyridine rings is 1. The van der Waals surface area contributed by atoms with Crippen LogP contribution in [0, 0.1) is 5.92 Å². The van der Waals surface area contributed by atoms with E-state index in [0.29, 0.717) is 11.1 Å². The van der Waals surface area contributed by atoms with Gasteiger partial charge >= 0.3 is 0 Å². The highest BCUT2D eigenvalue weighted by Crippen LogP contribution is 2.10. The monoisotopic (exact) mass is 479 g/mol. The Labute approximate surface area is 174 Å². The molecule has 1 atom stereocenters. The molecule has 2 rings (SSSR count). The summed E-state index contributed by atoms with van der Waals surface area (Å²) in [6.45, 7) is 10.6. The maximum atomic E-state index is 5.81. The van der Waals surface area contributed by atoms with Crippen LogP contribution in [0.25, 0.3) is 0 Å². The van der Waals surface area contributed by atoms with Crippen molar-refractivity contribution in [2.24, 2.45) is 10.9 Å². The number of halogens is 2. The Kier molecular flexibility index (Phi) is 11.4. The van der Waals surface area contributed by atoms with Crippen LogP contribution in [-0.2, 0) is 6.42 Å². The Balaban J connectivity index is 0.00000312. The zero-order valence-electron chi connectivity index (χ0n) is 15.3. The summed E-state index contributed by atoms with van der Waals surface area (Å²) in [5, 5.41) is 7.25. The van der Waals surface area contributed by atoms with Crippen LogP contribution < -0.4 is 10.6 Å². The predicted octanol–water partition coefficient (Wildman–Crippen LogP) is 3.18. The van der Waals surface area contributed by atoms with Crippen molar-refractivity contribution >= 4 is 41.5 Å². The third-order valence-corrected chi connectivity index (χ3v) is 4.39. The third kappa shape index (κ3) is 9.06. The van der Waals surface area contributed by atoms with Crippen molar-refractivity contribution in [1.82, 2.24) is 20.5 Å². The van der Waals surface area contributed by atoms with Gasteiger partial charge < -0.3 is 15.5 Å². The Bertz CT molecular complexity index is 503. The fourth-order valence-electron chi connectivity index (χ4n) is 2.93. The minimum Gasteiger partial charge on any atom is -0.357 e. The van der Waals surface area contributed by atoms with Gasteiger partial charge in [0, 0.05) is 32.4 Å². The number of nitrogens with zero attached hydrogens (tertiary/aromatic N) is 3. The largest absolute Gasteiger partial charge is 0.357 e. The Morgan fingerprint density at radius 2 is 2.08 bits per heavy atom. The molecule has 0 spiro atoms. The number of aromatic nitrogens is 1. The van der Waals surface area contributed by atoms with Crippen LogP contribution in [0.3, 0.4) is 0 Å². The molecule has 1 fully saturated rings. The van der Waals surface area contributed by atoms with E-state index in [1.54, 1.807) is 0 Å². The lowest BCUT2D eigenvalue weighted by molar-refractivity contribution is 0.291. The highest BCUT2D eigenvalue weighted by Gasteiger charge is 2.14. The maximum absolute atomic E-state index is 5.81. The van der Waals surface area contributed by atoms with E-state index in [2.05, 4.69) is 34.4 Å². The fourth-order valence-corrected chi connectivity index (χ4v) is 3.04. The van der Waals surface area contributed by atoms with Gasteiger partial charge in [-0.2, -0.15) is 0 Å². The molecule has 0 aliphatic carbocycles. The molecule has 25 heavy (non-hydrogen) atoms. The first-order chi connectivity index (χ1) is 11.7. The molecule has 0 radical (unpaired) electrons. The van der Waals surface area contributed by atoms with E-state index in [1.165, 1.54) is 31.5 Å². The zero-order chi connectivity index (χ0) is 17.2. The van der Waals surface area contributed by atoms with Gasteiger partial charge in [-0.05, 0) is 56.8 Å². The molecule has 0 saturated carbocycles. The van der Waals surface area contributed by atoms with Crippen LogP contribution in [0.1, 0.15) is 32.3 Å². The molecule has 7 heteroatoms. The Morgan fingerprint density at radius 3 is 2.72 bits per heavy atom. The Hall–Kier alpha value is -0.600. The van der Waals surface area contributed by atoms with Gasteiger partial charge in [-0.25, -0.2) is 4.98 Å². The summed E-state index contributed by atoms with van der Waals surface area (Å²) in [4.78, 5) is 11.4. The molecule has 0 amide bonds. The molecule has 5 nitrogen and oxygen atoms in total. The quantitative estimate of drug-likeness (QED) is 0.260. The second kappa shape index (κ2) is 12.7. The summed E-state index contributed by atoms with van der Waals surface area (Å²) >= 11 is 5.81. The van der Waals surface area contributed by atoms with Gasteiger partial charge in [0.25, 0.3) is 0 Å². The first-order valence-electron chi connectivity index (χ1n) is 9.02. The minimum absolute atomic E-state index is 0. The van der Waals surface area contributed by atoms with Crippen molar-refractivity contribution < 1.29 is 0 Å². The highest BCUT2D eigenvalue weighted by atomic mass is 127. The van der Waals surface area contributed by atoms with E-state index in [1.807, 2.05) is 18.3 Å². The highest BCUT2D eigenvalue weighted by molar-refractivity contribution is 14.0. The summed E-state index contributed by atoms with van der Waals surface area (Å²) < 4.78 is 0. The van der Waals surface area contributed by atoms with Gasteiger partial charge in [0.05, 0.1) is 0 Å². The minimum atomic E-state index is 0. The van der Waals surface area contributed by atoms with Crippen molar-refractivity contribution in [2.45, 2.75) is 33.1 Å². The lowest BCUT2D eigenvalue weighted by atomic mass is 10.2. The van der Waals surface area contributed by atoms with Crippen LogP contribution >= 0.6 is 35.6 Å². The molecular weight excluding hydrogens is 449 g/mol. The average Bonchev–Trinajstić information content (AvgIpc) is 3.07. The summed E-state index contributed by atoms with van der Waals surface area (Å²) in [5.74, 6) is 1.48. The van der Waals surface area contributed by atoms with Crippen molar-refractivity contribution in [3.8, 4) is 0 Å². The van der Waals surface area contributed by atoms with Crippen LogP contribution in [0.2, 0.25) is 5.15 Å². The molecule has 0 bridgehead atoms. The van der Waals surface area contributed by atoms with Crippen LogP contribution in [0.5, 0.6) is 0 Å². The van der Waals surface area contributed by atoms with E-state index in [9.17, 15) is 0 Å². The molecule has 1 saturated heterocycles. The van der Waals surface area contributed by atoms with E-state index in [4.69, 9.17) is 16.6 Å². The van der Waals surface area contributed by atoms with E-state index >= 15 is 0 Å².